The lowest BCUT2D eigenvalue weighted by Crippen LogP contribution is -2.45. The predicted octanol–water partition coefficient (Wildman–Crippen LogP) is 3.26. The van der Waals surface area contributed by atoms with Crippen molar-refractivity contribution in [3.8, 4) is 0 Å². The van der Waals surface area contributed by atoms with Gasteiger partial charge >= 0.3 is 0 Å². The van der Waals surface area contributed by atoms with Gasteiger partial charge in [0.25, 0.3) is 0 Å². The van der Waals surface area contributed by atoms with Gasteiger partial charge in [-0.05, 0) is 32.4 Å². The minimum Gasteiger partial charge on any atom is -0.307 e. The monoisotopic (exact) mass is 336 g/mol. The van der Waals surface area contributed by atoms with E-state index in [1.54, 1.807) is 6.07 Å². The zero-order chi connectivity index (χ0) is 16.2. The summed E-state index contributed by atoms with van der Waals surface area (Å²) in [5.74, 6) is -0.124. The molecule has 3 rings (SSSR count). The predicted molar refractivity (Wildman–Crippen MR) is 89.9 cm³/mol. The van der Waals surface area contributed by atoms with E-state index in [2.05, 4.69) is 20.4 Å². The average molecular weight is 337 g/mol. The molecule has 1 fully saturated rings. The van der Waals surface area contributed by atoms with Crippen LogP contribution in [-0.4, -0.2) is 34.2 Å². The molecule has 2 heterocycles. The number of nitrogens with one attached hydrogen (secondary N) is 2. The summed E-state index contributed by atoms with van der Waals surface area (Å²) in [6.45, 7) is 5.15. The molecule has 1 atom stereocenters. The van der Waals surface area contributed by atoms with E-state index in [0.717, 1.165) is 42.9 Å². The SMILES string of the molecule is Cc1[nH]nc(CNC2CCCN(Cc3ccccc3F)C2)c1Cl. The third-order valence-electron chi connectivity index (χ3n) is 4.36. The van der Waals surface area contributed by atoms with E-state index < -0.39 is 0 Å². The van der Waals surface area contributed by atoms with Crippen molar-refractivity contribution < 1.29 is 4.39 Å². The van der Waals surface area contributed by atoms with Crippen molar-refractivity contribution >= 4 is 11.6 Å². The standard InChI is InChI=1S/C17H22ClFN4/c1-12-17(18)16(22-21-12)9-20-14-6-4-8-23(11-14)10-13-5-2-3-7-15(13)19/h2-3,5,7,14,20H,4,6,8-11H2,1H3,(H,21,22). The second-order valence-electron chi connectivity index (χ2n) is 6.16. The average Bonchev–Trinajstić information content (AvgIpc) is 2.87. The zero-order valence-electron chi connectivity index (χ0n) is 13.3. The number of hydrogen-bond donors (Lipinski definition) is 2. The van der Waals surface area contributed by atoms with Crippen molar-refractivity contribution in [3.05, 3.63) is 52.1 Å². The summed E-state index contributed by atoms with van der Waals surface area (Å²) in [6, 6.07) is 7.38. The van der Waals surface area contributed by atoms with Crippen molar-refractivity contribution in [2.75, 3.05) is 13.1 Å². The van der Waals surface area contributed by atoms with Crippen LogP contribution in [0.4, 0.5) is 4.39 Å². The fourth-order valence-electron chi connectivity index (χ4n) is 3.06. The Balaban J connectivity index is 1.54. The summed E-state index contributed by atoms with van der Waals surface area (Å²) in [7, 11) is 0. The third kappa shape index (κ3) is 4.10. The maximum absolute atomic E-state index is 13.8. The quantitative estimate of drug-likeness (QED) is 0.880. The van der Waals surface area contributed by atoms with Gasteiger partial charge in [-0.25, -0.2) is 4.39 Å². The van der Waals surface area contributed by atoms with Crippen LogP contribution in [0.5, 0.6) is 0 Å². The van der Waals surface area contributed by atoms with Crippen LogP contribution in [0.15, 0.2) is 24.3 Å². The fourth-order valence-corrected chi connectivity index (χ4v) is 3.21. The minimum atomic E-state index is -0.124. The van der Waals surface area contributed by atoms with Gasteiger partial charge in [-0.1, -0.05) is 29.8 Å². The highest BCUT2D eigenvalue weighted by molar-refractivity contribution is 6.31. The van der Waals surface area contributed by atoms with Crippen LogP contribution in [-0.2, 0) is 13.1 Å². The number of rotatable bonds is 5. The normalized spacial score (nSPS) is 19.2. The Morgan fingerprint density at radius 3 is 3.00 bits per heavy atom. The minimum absolute atomic E-state index is 0.124. The molecule has 1 saturated heterocycles. The summed E-state index contributed by atoms with van der Waals surface area (Å²) in [5.41, 5.74) is 2.52. The van der Waals surface area contributed by atoms with Gasteiger partial charge in [-0.3, -0.25) is 10.00 Å². The number of aromatic amines is 1. The van der Waals surface area contributed by atoms with Crippen LogP contribution in [0, 0.1) is 12.7 Å². The molecule has 1 aliphatic rings. The molecule has 1 aromatic carbocycles. The van der Waals surface area contributed by atoms with E-state index >= 15 is 0 Å². The van der Waals surface area contributed by atoms with Gasteiger partial charge in [0, 0.05) is 31.2 Å². The smallest absolute Gasteiger partial charge is 0.127 e. The van der Waals surface area contributed by atoms with Crippen LogP contribution in [0.2, 0.25) is 5.02 Å². The van der Waals surface area contributed by atoms with Gasteiger partial charge in [-0.15, -0.1) is 0 Å². The van der Waals surface area contributed by atoms with Gasteiger partial charge in [-0.2, -0.15) is 5.10 Å². The number of halogens is 2. The topological polar surface area (TPSA) is 44.0 Å². The molecule has 0 radical (unpaired) electrons. The lowest BCUT2D eigenvalue weighted by atomic mass is 10.0. The summed E-state index contributed by atoms with van der Waals surface area (Å²) in [6.07, 6.45) is 2.23. The van der Waals surface area contributed by atoms with Crippen LogP contribution < -0.4 is 5.32 Å². The number of hydrogen-bond acceptors (Lipinski definition) is 3. The lowest BCUT2D eigenvalue weighted by molar-refractivity contribution is 0.180. The van der Waals surface area contributed by atoms with Crippen molar-refractivity contribution in [3.63, 3.8) is 0 Å². The second kappa shape index (κ2) is 7.43. The first-order chi connectivity index (χ1) is 11.1. The number of likely N-dealkylation sites (tertiary alicyclic amines) is 1. The van der Waals surface area contributed by atoms with Gasteiger partial charge in [0.15, 0.2) is 0 Å². The number of piperidine rings is 1. The maximum Gasteiger partial charge on any atom is 0.127 e. The lowest BCUT2D eigenvalue weighted by Gasteiger charge is -2.33. The van der Waals surface area contributed by atoms with E-state index in [0.29, 0.717) is 24.2 Å². The molecule has 0 amide bonds. The number of aromatic nitrogens is 2. The maximum atomic E-state index is 13.8. The van der Waals surface area contributed by atoms with Crippen molar-refractivity contribution in [2.45, 2.75) is 38.9 Å². The molecular weight excluding hydrogens is 315 g/mol. The Hall–Kier alpha value is -1.43. The van der Waals surface area contributed by atoms with Crippen molar-refractivity contribution in [1.82, 2.24) is 20.4 Å². The van der Waals surface area contributed by atoms with Crippen LogP contribution in [0.25, 0.3) is 0 Å². The molecule has 0 spiro atoms. The first kappa shape index (κ1) is 16.4. The Labute approximate surface area is 141 Å². The van der Waals surface area contributed by atoms with E-state index in [9.17, 15) is 4.39 Å². The Bertz CT molecular complexity index is 658. The molecule has 0 bridgehead atoms. The molecule has 124 valence electrons. The molecular formula is C17H22ClFN4. The van der Waals surface area contributed by atoms with Gasteiger partial charge in [0.05, 0.1) is 16.4 Å². The molecule has 0 saturated carbocycles. The van der Waals surface area contributed by atoms with E-state index in [1.165, 1.54) is 6.07 Å². The first-order valence-electron chi connectivity index (χ1n) is 8.02. The molecule has 0 aliphatic carbocycles. The molecule has 1 unspecified atom stereocenters. The van der Waals surface area contributed by atoms with Crippen molar-refractivity contribution in [2.24, 2.45) is 0 Å². The van der Waals surface area contributed by atoms with Crippen LogP contribution in [0.3, 0.4) is 0 Å². The van der Waals surface area contributed by atoms with Gasteiger partial charge in [0.1, 0.15) is 5.82 Å². The Morgan fingerprint density at radius 1 is 1.43 bits per heavy atom. The summed E-state index contributed by atoms with van der Waals surface area (Å²) in [4.78, 5) is 2.30. The number of H-pyrrole nitrogens is 1. The molecule has 6 heteroatoms. The van der Waals surface area contributed by atoms with E-state index in [-0.39, 0.29) is 5.82 Å². The fraction of sp³-hybridized carbons (Fsp3) is 0.471. The number of aryl methyl sites for hydroxylation is 1. The van der Waals surface area contributed by atoms with Crippen molar-refractivity contribution in [1.29, 1.82) is 0 Å². The Kier molecular flexibility index (Phi) is 5.30. The third-order valence-corrected chi connectivity index (χ3v) is 4.86. The van der Waals surface area contributed by atoms with E-state index in [1.807, 2.05) is 19.1 Å². The summed E-state index contributed by atoms with van der Waals surface area (Å²) < 4.78 is 13.8. The van der Waals surface area contributed by atoms with Crippen LogP contribution in [0.1, 0.15) is 29.8 Å². The highest BCUT2D eigenvalue weighted by Crippen LogP contribution is 2.19. The molecule has 23 heavy (non-hydrogen) atoms. The number of nitrogens with zero attached hydrogens (tertiary/aromatic N) is 2. The molecule has 4 nitrogen and oxygen atoms in total. The van der Waals surface area contributed by atoms with Gasteiger partial charge < -0.3 is 5.32 Å². The van der Waals surface area contributed by atoms with Gasteiger partial charge in [0.2, 0.25) is 0 Å². The summed E-state index contributed by atoms with van der Waals surface area (Å²) >= 11 is 6.19. The van der Waals surface area contributed by atoms with Crippen LogP contribution >= 0.6 is 11.6 Å². The summed E-state index contributed by atoms with van der Waals surface area (Å²) in [5, 5.41) is 11.3. The molecule has 1 aliphatic heterocycles. The highest BCUT2D eigenvalue weighted by atomic mass is 35.5. The molecule has 2 N–H and O–H groups in total. The molecule has 2 aromatic rings. The number of benzene rings is 1. The Morgan fingerprint density at radius 2 is 2.26 bits per heavy atom. The second-order valence-corrected chi connectivity index (χ2v) is 6.53. The highest BCUT2D eigenvalue weighted by Gasteiger charge is 2.21. The largest absolute Gasteiger partial charge is 0.307 e. The molecule has 1 aromatic heterocycles. The zero-order valence-corrected chi connectivity index (χ0v) is 14.0. The van der Waals surface area contributed by atoms with E-state index in [4.69, 9.17) is 11.6 Å². The first-order valence-corrected chi connectivity index (χ1v) is 8.40.